The summed E-state index contributed by atoms with van der Waals surface area (Å²) in [7, 11) is 0. The lowest BCUT2D eigenvalue weighted by Crippen LogP contribution is -2.53. The molecule has 0 bridgehead atoms. The number of nitrogens with one attached hydrogen (secondary N) is 1. The van der Waals surface area contributed by atoms with E-state index in [4.69, 9.17) is 4.74 Å². The Hall–Kier alpha value is -3.65. The molecule has 2 fully saturated rings. The topological polar surface area (TPSA) is 95.0 Å². The van der Waals surface area contributed by atoms with Gasteiger partial charge in [0.05, 0.1) is 23.5 Å². The molecule has 8 nitrogen and oxygen atoms in total. The first-order chi connectivity index (χ1) is 17.1. The molecule has 0 unspecified atom stereocenters. The van der Waals surface area contributed by atoms with Crippen molar-refractivity contribution in [3.63, 3.8) is 0 Å². The van der Waals surface area contributed by atoms with Crippen molar-refractivity contribution in [2.24, 2.45) is 11.8 Å². The van der Waals surface area contributed by atoms with Crippen molar-refractivity contribution in [3.8, 4) is 5.75 Å². The van der Waals surface area contributed by atoms with Crippen LogP contribution in [-0.2, 0) is 9.59 Å². The summed E-state index contributed by atoms with van der Waals surface area (Å²) in [6.07, 6.45) is 3.06. The number of rotatable bonds is 5. The fourth-order valence-corrected chi connectivity index (χ4v) is 5.32. The monoisotopic (exact) mass is 474 g/mol. The number of benzene rings is 2. The number of amides is 2. The Balaban J connectivity index is 1.25. The van der Waals surface area contributed by atoms with Gasteiger partial charge in [0.15, 0.2) is 0 Å². The van der Waals surface area contributed by atoms with Crippen LogP contribution >= 0.6 is 0 Å². The molecule has 0 radical (unpaired) electrons. The molecule has 1 aliphatic heterocycles. The Kier molecular flexibility index (Phi) is 6.81. The molecule has 182 valence electrons. The SMILES string of the molecule is O=C(NO)[C@H]1C[C@H](Oc2cccc3ncccc23)CC[C@@H]1C(=O)N1CCN(c2ccccc2)CC1. The second-order valence-electron chi connectivity index (χ2n) is 9.22. The summed E-state index contributed by atoms with van der Waals surface area (Å²) in [6, 6.07) is 19.7. The molecule has 1 saturated carbocycles. The van der Waals surface area contributed by atoms with Gasteiger partial charge in [-0.05, 0) is 55.7 Å². The van der Waals surface area contributed by atoms with E-state index in [-0.39, 0.29) is 12.0 Å². The Morgan fingerprint density at radius 2 is 1.71 bits per heavy atom. The lowest BCUT2D eigenvalue weighted by molar-refractivity contribution is -0.148. The second kappa shape index (κ2) is 10.3. The van der Waals surface area contributed by atoms with Crippen LogP contribution in [0.1, 0.15) is 19.3 Å². The minimum absolute atomic E-state index is 0.0147. The first kappa shape index (κ1) is 23.1. The number of hydrogen-bond acceptors (Lipinski definition) is 6. The molecule has 5 rings (SSSR count). The normalized spacial score (nSPS) is 22.6. The zero-order chi connectivity index (χ0) is 24.2. The second-order valence-corrected chi connectivity index (χ2v) is 9.22. The van der Waals surface area contributed by atoms with E-state index in [0.29, 0.717) is 38.1 Å². The first-order valence-corrected chi connectivity index (χ1v) is 12.2. The van der Waals surface area contributed by atoms with E-state index < -0.39 is 17.7 Å². The van der Waals surface area contributed by atoms with Crippen molar-refractivity contribution in [1.29, 1.82) is 0 Å². The number of fused-ring (bicyclic) bond motifs is 1. The van der Waals surface area contributed by atoms with Gasteiger partial charge < -0.3 is 14.5 Å². The highest BCUT2D eigenvalue weighted by molar-refractivity contribution is 5.88. The average molecular weight is 475 g/mol. The van der Waals surface area contributed by atoms with Gasteiger partial charge in [0.25, 0.3) is 0 Å². The van der Waals surface area contributed by atoms with Crippen LogP contribution in [0.25, 0.3) is 10.9 Å². The van der Waals surface area contributed by atoms with Crippen molar-refractivity contribution < 1.29 is 19.5 Å². The van der Waals surface area contributed by atoms with Crippen LogP contribution < -0.4 is 15.1 Å². The molecule has 1 aromatic heterocycles. The fourth-order valence-electron chi connectivity index (χ4n) is 5.32. The van der Waals surface area contributed by atoms with Gasteiger partial charge in [-0.15, -0.1) is 0 Å². The summed E-state index contributed by atoms with van der Waals surface area (Å²) in [5.41, 5.74) is 3.77. The maximum absolute atomic E-state index is 13.5. The standard InChI is InChI=1S/C27H30N4O4/c32-26(29-34)23-18-20(35-25-10-4-9-24-22(25)8-5-13-28-24)11-12-21(23)27(33)31-16-14-30(15-17-31)19-6-2-1-3-7-19/h1-10,13,20-21,23,34H,11-12,14-18H2,(H,29,32)/t20-,21+,23+/m1/s1. The minimum atomic E-state index is -0.647. The van der Waals surface area contributed by atoms with Gasteiger partial charge in [-0.25, -0.2) is 5.48 Å². The van der Waals surface area contributed by atoms with Gasteiger partial charge in [0.1, 0.15) is 5.75 Å². The Bertz CT molecular complexity index is 1170. The molecule has 1 aliphatic carbocycles. The van der Waals surface area contributed by atoms with Crippen molar-refractivity contribution in [1.82, 2.24) is 15.4 Å². The largest absolute Gasteiger partial charge is 0.490 e. The number of aromatic nitrogens is 1. The third-order valence-electron chi connectivity index (χ3n) is 7.18. The zero-order valence-corrected chi connectivity index (χ0v) is 19.5. The highest BCUT2D eigenvalue weighted by atomic mass is 16.5. The van der Waals surface area contributed by atoms with E-state index in [9.17, 15) is 14.8 Å². The van der Waals surface area contributed by atoms with Crippen LogP contribution in [-0.4, -0.2) is 59.2 Å². The minimum Gasteiger partial charge on any atom is -0.490 e. The number of para-hydroxylation sites is 1. The molecule has 2 aliphatic rings. The highest BCUT2D eigenvalue weighted by Gasteiger charge is 2.42. The summed E-state index contributed by atoms with van der Waals surface area (Å²) in [5.74, 6) is -0.949. The van der Waals surface area contributed by atoms with E-state index in [1.807, 2.05) is 53.4 Å². The van der Waals surface area contributed by atoms with Crippen molar-refractivity contribution in [3.05, 3.63) is 66.9 Å². The average Bonchev–Trinajstić information content (AvgIpc) is 2.93. The number of piperazine rings is 1. The van der Waals surface area contributed by atoms with Crippen LogP contribution in [0.2, 0.25) is 0 Å². The summed E-state index contributed by atoms with van der Waals surface area (Å²) in [5, 5.41) is 10.3. The maximum Gasteiger partial charge on any atom is 0.247 e. The van der Waals surface area contributed by atoms with E-state index >= 15 is 0 Å². The molecule has 3 atom stereocenters. The molecule has 1 saturated heterocycles. The number of hydroxylamine groups is 1. The predicted molar refractivity (Wildman–Crippen MR) is 132 cm³/mol. The summed E-state index contributed by atoms with van der Waals surface area (Å²) < 4.78 is 6.30. The van der Waals surface area contributed by atoms with Crippen LogP contribution in [0, 0.1) is 11.8 Å². The summed E-state index contributed by atoms with van der Waals surface area (Å²) in [4.78, 5) is 34.6. The van der Waals surface area contributed by atoms with E-state index in [2.05, 4.69) is 22.0 Å². The number of pyridine rings is 1. The third-order valence-corrected chi connectivity index (χ3v) is 7.18. The number of hydrogen-bond donors (Lipinski definition) is 2. The Morgan fingerprint density at radius 1 is 0.914 bits per heavy atom. The van der Waals surface area contributed by atoms with Crippen LogP contribution in [0.3, 0.4) is 0 Å². The van der Waals surface area contributed by atoms with Gasteiger partial charge in [-0.3, -0.25) is 19.8 Å². The van der Waals surface area contributed by atoms with Crippen LogP contribution in [0.4, 0.5) is 5.69 Å². The van der Waals surface area contributed by atoms with E-state index in [1.54, 1.807) is 11.7 Å². The number of carbonyl (C=O) groups is 2. The molecule has 2 N–H and O–H groups in total. The lowest BCUT2D eigenvalue weighted by Gasteiger charge is -2.40. The van der Waals surface area contributed by atoms with Crippen molar-refractivity contribution in [2.75, 3.05) is 31.1 Å². The van der Waals surface area contributed by atoms with Gasteiger partial charge in [-0.2, -0.15) is 0 Å². The molecule has 2 amide bonds. The molecular weight excluding hydrogens is 444 g/mol. The smallest absolute Gasteiger partial charge is 0.247 e. The molecule has 0 spiro atoms. The Morgan fingerprint density at radius 3 is 2.49 bits per heavy atom. The molecule has 35 heavy (non-hydrogen) atoms. The lowest BCUT2D eigenvalue weighted by atomic mass is 9.76. The number of carbonyl (C=O) groups excluding carboxylic acids is 2. The van der Waals surface area contributed by atoms with Gasteiger partial charge in [0.2, 0.25) is 11.8 Å². The molecule has 2 heterocycles. The summed E-state index contributed by atoms with van der Waals surface area (Å²) >= 11 is 0. The number of anilines is 1. The molecule has 8 heteroatoms. The molecule has 2 aromatic carbocycles. The molecular formula is C27H30N4O4. The van der Waals surface area contributed by atoms with Gasteiger partial charge in [-0.1, -0.05) is 24.3 Å². The predicted octanol–water partition coefficient (Wildman–Crippen LogP) is 3.25. The van der Waals surface area contributed by atoms with Crippen molar-refractivity contribution in [2.45, 2.75) is 25.4 Å². The maximum atomic E-state index is 13.5. The fraction of sp³-hybridized carbons (Fsp3) is 0.370. The highest BCUT2D eigenvalue weighted by Crippen LogP contribution is 2.36. The van der Waals surface area contributed by atoms with Crippen molar-refractivity contribution >= 4 is 28.4 Å². The number of nitrogens with zero attached hydrogens (tertiary/aromatic N) is 3. The van der Waals surface area contributed by atoms with Gasteiger partial charge in [0, 0.05) is 43.4 Å². The third kappa shape index (κ3) is 4.93. The zero-order valence-electron chi connectivity index (χ0n) is 19.5. The number of ether oxygens (including phenoxy) is 1. The van der Waals surface area contributed by atoms with Gasteiger partial charge >= 0.3 is 0 Å². The van der Waals surface area contributed by atoms with Crippen LogP contribution in [0.5, 0.6) is 5.75 Å². The quantitative estimate of drug-likeness (QED) is 0.436. The molecule has 3 aromatic rings. The van der Waals surface area contributed by atoms with E-state index in [1.165, 1.54) is 0 Å². The summed E-state index contributed by atoms with van der Waals surface area (Å²) in [6.45, 7) is 2.72. The van der Waals surface area contributed by atoms with E-state index in [0.717, 1.165) is 29.7 Å². The first-order valence-electron chi connectivity index (χ1n) is 12.2. The Labute approximate surface area is 204 Å². The van der Waals surface area contributed by atoms with Crippen LogP contribution in [0.15, 0.2) is 66.9 Å².